The molecule has 1 aromatic heterocycles. The number of benzene rings is 3. The third-order valence-electron chi connectivity index (χ3n) is 6.68. The molecule has 0 bridgehead atoms. The number of rotatable bonds is 8. The van der Waals surface area contributed by atoms with Crippen molar-refractivity contribution in [2.45, 2.75) is 23.8 Å². The van der Waals surface area contributed by atoms with Crippen molar-refractivity contribution in [3.63, 3.8) is 0 Å². The Bertz CT molecular complexity index is 1610. The van der Waals surface area contributed by atoms with E-state index in [4.69, 9.17) is 21.1 Å². The topological polar surface area (TPSA) is 111 Å². The minimum atomic E-state index is -4.13. The highest BCUT2D eigenvalue weighted by molar-refractivity contribution is 7.90. The smallest absolute Gasteiger partial charge is 0.281 e. The second-order valence-electron chi connectivity index (χ2n) is 9.28. The average molecular weight is 569 g/mol. The van der Waals surface area contributed by atoms with Gasteiger partial charge in [-0.25, -0.2) is 13.1 Å². The Hall–Kier alpha value is -3.73. The molecule has 5 rings (SSSR count). The zero-order valence-electron chi connectivity index (χ0n) is 21.5. The highest BCUT2D eigenvalue weighted by Crippen LogP contribution is 2.34. The zero-order chi connectivity index (χ0) is 27.6. The number of anilines is 2. The molecular formula is C28H29ClN4O5S. The van der Waals surface area contributed by atoms with Crippen molar-refractivity contribution < 1.29 is 22.7 Å². The number of ether oxygens (including phenoxy) is 2. The van der Waals surface area contributed by atoms with Crippen LogP contribution < -0.4 is 24.8 Å². The minimum Gasteiger partial charge on any atom is -0.497 e. The number of aromatic nitrogens is 1. The van der Waals surface area contributed by atoms with Crippen molar-refractivity contribution in [3.8, 4) is 11.5 Å². The van der Waals surface area contributed by atoms with Crippen molar-refractivity contribution in [1.29, 1.82) is 0 Å². The van der Waals surface area contributed by atoms with Gasteiger partial charge >= 0.3 is 0 Å². The summed E-state index contributed by atoms with van der Waals surface area (Å²) < 4.78 is 41.1. The lowest BCUT2D eigenvalue weighted by Gasteiger charge is -2.23. The van der Waals surface area contributed by atoms with Gasteiger partial charge in [-0.1, -0.05) is 17.7 Å². The molecule has 0 spiro atoms. The summed E-state index contributed by atoms with van der Waals surface area (Å²) in [5.41, 5.74) is 2.21. The number of nitrogens with one attached hydrogen (secondary N) is 3. The van der Waals surface area contributed by atoms with Gasteiger partial charge in [-0.15, -0.1) is 0 Å². The second-order valence-corrected chi connectivity index (χ2v) is 11.4. The van der Waals surface area contributed by atoms with E-state index in [9.17, 15) is 13.2 Å². The Morgan fingerprint density at radius 2 is 1.77 bits per heavy atom. The predicted octanol–water partition coefficient (Wildman–Crippen LogP) is 4.83. The summed E-state index contributed by atoms with van der Waals surface area (Å²) in [6.45, 7) is 1.78. The third-order valence-corrected chi connectivity index (χ3v) is 8.33. The number of nitrogens with zero attached hydrogens (tertiary/aromatic N) is 1. The molecule has 1 aliphatic heterocycles. The molecule has 2 heterocycles. The van der Waals surface area contributed by atoms with Crippen molar-refractivity contribution >= 4 is 49.8 Å². The van der Waals surface area contributed by atoms with Gasteiger partial charge in [0.25, 0.3) is 15.9 Å². The number of amides is 1. The first-order valence-electron chi connectivity index (χ1n) is 12.5. The summed E-state index contributed by atoms with van der Waals surface area (Å²) in [4.78, 5) is 13.2. The summed E-state index contributed by atoms with van der Waals surface area (Å²) in [7, 11) is -0.874. The number of aryl methyl sites for hydroxylation is 1. The highest BCUT2D eigenvalue weighted by atomic mass is 35.5. The van der Waals surface area contributed by atoms with Crippen LogP contribution in [0.2, 0.25) is 5.02 Å². The van der Waals surface area contributed by atoms with Gasteiger partial charge in [0.15, 0.2) is 0 Å². The highest BCUT2D eigenvalue weighted by Gasteiger charge is 2.24. The molecule has 11 heteroatoms. The maximum atomic E-state index is 13.2. The Morgan fingerprint density at radius 1 is 1.03 bits per heavy atom. The monoisotopic (exact) mass is 568 g/mol. The molecule has 1 amide bonds. The number of halogens is 1. The Kier molecular flexibility index (Phi) is 7.69. The molecule has 0 aliphatic carbocycles. The summed E-state index contributed by atoms with van der Waals surface area (Å²) in [5.74, 6) is 0.508. The van der Waals surface area contributed by atoms with Crippen LogP contribution in [0.5, 0.6) is 11.5 Å². The Labute approximate surface area is 232 Å². The number of hydrogen-bond donors (Lipinski definition) is 3. The van der Waals surface area contributed by atoms with Crippen molar-refractivity contribution in [1.82, 2.24) is 14.6 Å². The molecule has 204 valence electrons. The van der Waals surface area contributed by atoms with Crippen LogP contribution >= 0.6 is 11.6 Å². The van der Waals surface area contributed by atoms with E-state index >= 15 is 0 Å². The minimum absolute atomic E-state index is 0.0364. The van der Waals surface area contributed by atoms with Crippen LogP contribution in [0.4, 0.5) is 11.4 Å². The van der Waals surface area contributed by atoms with Crippen LogP contribution in [-0.4, -0.2) is 45.2 Å². The normalized spacial score (nSPS) is 14.2. The van der Waals surface area contributed by atoms with Crippen LogP contribution in [0.1, 0.15) is 23.3 Å². The van der Waals surface area contributed by atoms with Gasteiger partial charge in [0.05, 0.1) is 22.5 Å². The molecule has 0 radical (unpaired) electrons. The molecule has 4 aromatic rings. The first-order chi connectivity index (χ1) is 18.7. The fraction of sp³-hybridized carbons (Fsp3) is 0.250. The van der Waals surface area contributed by atoms with E-state index in [1.54, 1.807) is 49.1 Å². The summed E-state index contributed by atoms with van der Waals surface area (Å²) in [6.07, 6.45) is 1.87. The van der Waals surface area contributed by atoms with Gasteiger partial charge in [0.2, 0.25) is 0 Å². The number of fused-ring (bicyclic) bond motifs is 1. The van der Waals surface area contributed by atoms with E-state index in [1.807, 2.05) is 24.3 Å². The molecule has 1 saturated heterocycles. The fourth-order valence-electron chi connectivity index (χ4n) is 4.64. The van der Waals surface area contributed by atoms with Gasteiger partial charge in [0, 0.05) is 29.9 Å². The van der Waals surface area contributed by atoms with Crippen LogP contribution in [0, 0.1) is 0 Å². The molecule has 0 saturated carbocycles. The second kappa shape index (κ2) is 11.2. The molecule has 0 atom stereocenters. The molecule has 3 N–H and O–H groups in total. The van der Waals surface area contributed by atoms with E-state index in [0.29, 0.717) is 33.1 Å². The largest absolute Gasteiger partial charge is 0.497 e. The SMILES string of the molecule is COc1cccc(Nc2ccc(Cl)c3c2cc(C(=O)NS(=O)(=O)c2ccc(OC4CCNCC4)cc2)n3C)c1. The van der Waals surface area contributed by atoms with E-state index in [2.05, 4.69) is 15.4 Å². The molecular weight excluding hydrogens is 540 g/mol. The molecule has 1 aliphatic rings. The van der Waals surface area contributed by atoms with E-state index < -0.39 is 15.9 Å². The molecule has 1 fully saturated rings. The Balaban J connectivity index is 1.37. The van der Waals surface area contributed by atoms with Crippen LogP contribution in [-0.2, 0) is 17.1 Å². The maximum Gasteiger partial charge on any atom is 0.281 e. The van der Waals surface area contributed by atoms with E-state index in [0.717, 1.165) is 31.6 Å². The molecule has 39 heavy (non-hydrogen) atoms. The zero-order valence-corrected chi connectivity index (χ0v) is 23.1. The van der Waals surface area contributed by atoms with Gasteiger partial charge in [-0.3, -0.25) is 4.79 Å². The quantitative estimate of drug-likeness (QED) is 0.279. The van der Waals surface area contributed by atoms with Crippen LogP contribution in [0.3, 0.4) is 0 Å². The van der Waals surface area contributed by atoms with Gasteiger partial charge in [-0.2, -0.15) is 0 Å². The molecule has 3 aromatic carbocycles. The van der Waals surface area contributed by atoms with Gasteiger partial charge in [-0.05, 0) is 80.5 Å². The lowest BCUT2D eigenvalue weighted by atomic mass is 10.1. The number of piperidine rings is 1. The number of hydrogen-bond acceptors (Lipinski definition) is 7. The van der Waals surface area contributed by atoms with Gasteiger partial charge < -0.3 is 24.7 Å². The van der Waals surface area contributed by atoms with Crippen LogP contribution in [0.15, 0.2) is 71.6 Å². The number of carbonyl (C=O) groups excluding carboxylic acids is 1. The average Bonchev–Trinajstić information content (AvgIpc) is 3.29. The number of sulfonamides is 1. The van der Waals surface area contributed by atoms with Crippen molar-refractivity contribution in [3.05, 3.63) is 77.4 Å². The first-order valence-corrected chi connectivity index (χ1v) is 14.3. The predicted molar refractivity (Wildman–Crippen MR) is 152 cm³/mol. The number of carbonyl (C=O) groups is 1. The number of methoxy groups -OCH3 is 1. The third kappa shape index (κ3) is 5.83. The Morgan fingerprint density at radius 3 is 2.49 bits per heavy atom. The summed E-state index contributed by atoms with van der Waals surface area (Å²) in [6, 6.07) is 18.6. The summed E-state index contributed by atoms with van der Waals surface area (Å²) >= 11 is 6.48. The van der Waals surface area contributed by atoms with Crippen LogP contribution in [0.25, 0.3) is 10.9 Å². The molecule has 0 unspecified atom stereocenters. The standard InChI is InChI=1S/C28H29ClN4O5S/c1-33-26(17-23-25(11-10-24(29)27(23)33)31-18-4-3-5-21(16-18)37-2)28(34)32-39(35,36)22-8-6-19(7-9-22)38-20-12-14-30-15-13-20/h3-11,16-17,20,30-31H,12-15H2,1-2H3,(H,32,34). The van der Waals surface area contributed by atoms with E-state index in [-0.39, 0.29) is 16.7 Å². The first kappa shape index (κ1) is 26.9. The lowest BCUT2D eigenvalue weighted by Crippen LogP contribution is -2.34. The van der Waals surface area contributed by atoms with Crippen molar-refractivity contribution in [2.24, 2.45) is 7.05 Å². The fourth-order valence-corrected chi connectivity index (χ4v) is 5.89. The molecule has 9 nitrogen and oxygen atoms in total. The summed E-state index contributed by atoms with van der Waals surface area (Å²) in [5, 5.41) is 7.69. The van der Waals surface area contributed by atoms with Crippen molar-refractivity contribution in [2.75, 3.05) is 25.5 Å². The van der Waals surface area contributed by atoms with Gasteiger partial charge in [0.1, 0.15) is 23.3 Å². The van der Waals surface area contributed by atoms with E-state index in [1.165, 1.54) is 12.1 Å². The maximum absolute atomic E-state index is 13.2. The lowest BCUT2D eigenvalue weighted by molar-refractivity contribution is 0.0974.